The fourth-order valence-corrected chi connectivity index (χ4v) is 1.67. The summed E-state index contributed by atoms with van der Waals surface area (Å²) in [4.78, 5) is 0. The van der Waals surface area contributed by atoms with Crippen molar-refractivity contribution in [2.45, 2.75) is 25.4 Å². The van der Waals surface area contributed by atoms with E-state index in [-0.39, 0.29) is 5.75 Å². The van der Waals surface area contributed by atoms with E-state index < -0.39 is 0 Å². The van der Waals surface area contributed by atoms with Crippen molar-refractivity contribution in [2.75, 3.05) is 7.11 Å². The predicted octanol–water partition coefficient (Wildman–Crippen LogP) is 2.31. The number of hydrogen-bond donors (Lipinski definition) is 2. The normalized spacial score (nSPS) is 15.3. The number of nitrogens with one attached hydrogen (secondary N) is 1. The molecule has 2 N–H and O–H groups in total. The first-order valence-electron chi connectivity index (χ1n) is 4.99. The highest BCUT2D eigenvalue weighted by Crippen LogP contribution is 2.35. The van der Waals surface area contributed by atoms with Crippen LogP contribution in [0.4, 0.5) is 0 Å². The molecule has 3 nitrogen and oxygen atoms in total. The van der Waals surface area contributed by atoms with Crippen LogP contribution in [0.1, 0.15) is 18.4 Å². The van der Waals surface area contributed by atoms with Gasteiger partial charge in [-0.3, -0.25) is 0 Å². The van der Waals surface area contributed by atoms with Gasteiger partial charge in [-0.1, -0.05) is 11.6 Å². The van der Waals surface area contributed by atoms with Gasteiger partial charge >= 0.3 is 0 Å². The summed E-state index contributed by atoms with van der Waals surface area (Å²) in [5.41, 5.74) is 1.03. The van der Waals surface area contributed by atoms with E-state index in [1.54, 1.807) is 12.1 Å². The predicted molar refractivity (Wildman–Crippen MR) is 59.5 cm³/mol. The van der Waals surface area contributed by atoms with E-state index in [1.807, 2.05) is 0 Å². The topological polar surface area (TPSA) is 41.5 Å². The van der Waals surface area contributed by atoms with E-state index in [1.165, 1.54) is 20.0 Å². The molecule has 4 heteroatoms. The lowest BCUT2D eigenvalue weighted by molar-refractivity contribution is 0.373. The average Bonchev–Trinajstić information content (AvgIpc) is 3.03. The van der Waals surface area contributed by atoms with Crippen molar-refractivity contribution in [3.63, 3.8) is 0 Å². The Kier molecular flexibility index (Phi) is 3.03. The lowest BCUT2D eigenvalue weighted by Crippen LogP contribution is -2.15. The summed E-state index contributed by atoms with van der Waals surface area (Å²) in [5, 5.41) is 13.2. The van der Waals surface area contributed by atoms with Gasteiger partial charge in [0.2, 0.25) is 0 Å². The number of phenolic OH excluding ortho intramolecular Hbond substituents is 1. The van der Waals surface area contributed by atoms with Crippen LogP contribution in [0.2, 0.25) is 5.02 Å². The standard InChI is InChI=1S/C11H14ClNO2/c1-15-10-5-7(4-9(12)11(10)14)6-13-8-2-3-8/h4-5,8,13-14H,2-3,6H2,1H3. The first kappa shape index (κ1) is 10.6. The minimum atomic E-state index is 0.00865. The highest BCUT2D eigenvalue weighted by atomic mass is 35.5. The fourth-order valence-electron chi connectivity index (χ4n) is 1.43. The number of ether oxygens (including phenoxy) is 1. The number of rotatable bonds is 4. The highest BCUT2D eigenvalue weighted by molar-refractivity contribution is 6.32. The minimum absolute atomic E-state index is 0.00865. The summed E-state index contributed by atoms with van der Waals surface area (Å²) in [6.45, 7) is 0.765. The van der Waals surface area contributed by atoms with E-state index in [9.17, 15) is 5.11 Å². The van der Waals surface area contributed by atoms with Gasteiger partial charge in [-0.2, -0.15) is 0 Å². The number of benzene rings is 1. The molecule has 0 unspecified atom stereocenters. The van der Waals surface area contributed by atoms with Gasteiger partial charge in [0.15, 0.2) is 11.5 Å². The van der Waals surface area contributed by atoms with Gasteiger partial charge < -0.3 is 15.2 Å². The Hall–Kier alpha value is -0.930. The zero-order valence-electron chi connectivity index (χ0n) is 8.59. The van der Waals surface area contributed by atoms with Crippen LogP contribution in [-0.2, 0) is 6.54 Å². The van der Waals surface area contributed by atoms with E-state index in [4.69, 9.17) is 16.3 Å². The molecule has 1 aliphatic carbocycles. The van der Waals surface area contributed by atoms with Gasteiger partial charge in [-0.25, -0.2) is 0 Å². The summed E-state index contributed by atoms with van der Waals surface area (Å²) < 4.78 is 5.03. The Bertz CT molecular complexity index is 364. The first-order chi connectivity index (χ1) is 7.20. The second-order valence-corrected chi connectivity index (χ2v) is 4.19. The molecule has 0 heterocycles. The van der Waals surface area contributed by atoms with Crippen molar-refractivity contribution in [3.05, 3.63) is 22.7 Å². The van der Waals surface area contributed by atoms with Gasteiger partial charge in [-0.15, -0.1) is 0 Å². The first-order valence-corrected chi connectivity index (χ1v) is 5.37. The Labute approximate surface area is 94.0 Å². The molecule has 0 saturated heterocycles. The molecule has 15 heavy (non-hydrogen) atoms. The van der Waals surface area contributed by atoms with Crippen LogP contribution in [0.5, 0.6) is 11.5 Å². The number of hydrogen-bond acceptors (Lipinski definition) is 3. The van der Waals surface area contributed by atoms with Crippen molar-refractivity contribution in [1.82, 2.24) is 5.32 Å². The van der Waals surface area contributed by atoms with Gasteiger partial charge in [0.05, 0.1) is 12.1 Å². The van der Waals surface area contributed by atoms with Gasteiger partial charge in [-0.05, 0) is 30.5 Å². The molecule has 1 aromatic rings. The molecule has 82 valence electrons. The molecule has 0 radical (unpaired) electrons. The summed E-state index contributed by atoms with van der Waals surface area (Å²) in [6.07, 6.45) is 2.51. The van der Waals surface area contributed by atoms with E-state index in [0.717, 1.165) is 12.1 Å². The maximum atomic E-state index is 9.53. The number of phenols is 1. The van der Waals surface area contributed by atoms with Crippen LogP contribution in [0.15, 0.2) is 12.1 Å². The van der Waals surface area contributed by atoms with Crippen LogP contribution in [0.25, 0.3) is 0 Å². The molecule has 0 amide bonds. The Morgan fingerprint density at radius 1 is 1.53 bits per heavy atom. The third-order valence-electron chi connectivity index (χ3n) is 2.48. The van der Waals surface area contributed by atoms with Crippen molar-refractivity contribution in [2.24, 2.45) is 0 Å². The minimum Gasteiger partial charge on any atom is -0.503 e. The molecular weight excluding hydrogens is 214 g/mol. The molecule has 2 rings (SSSR count). The van der Waals surface area contributed by atoms with Crippen LogP contribution in [-0.4, -0.2) is 18.3 Å². The van der Waals surface area contributed by atoms with E-state index >= 15 is 0 Å². The second kappa shape index (κ2) is 4.29. The Morgan fingerprint density at radius 3 is 2.87 bits per heavy atom. The molecule has 0 spiro atoms. The van der Waals surface area contributed by atoms with Crippen molar-refractivity contribution in [3.8, 4) is 11.5 Å². The number of methoxy groups -OCH3 is 1. The lowest BCUT2D eigenvalue weighted by atomic mass is 10.2. The molecule has 0 aliphatic heterocycles. The maximum absolute atomic E-state index is 9.53. The summed E-state index contributed by atoms with van der Waals surface area (Å²) in [7, 11) is 1.52. The molecule has 0 bridgehead atoms. The quantitative estimate of drug-likeness (QED) is 0.830. The zero-order chi connectivity index (χ0) is 10.8. The van der Waals surface area contributed by atoms with E-state index in [0.29, 0.717) is 16.8 Å². The zero-order valence-corrected chi connectivity index (χ0v) is 9.34. The highest BCUT2D eigenvalue weighted by Gasteiger charge is 2.20. The number of aromatic hydroxyl groups is 1. The molecule has 1 aromatic carbocycles. The summed E-state index contributed by atoms with van der Waals surface area (Å²) in [5.74, 6) is 0.435. The molecule has 1 saturated carbocycles. The van der Waals surface area contributed by atoms with Crippen molar-refractivity contribution < 1.29 is 9.84 Å². The smallest absolute Gasteiger partial charge is 0.176 e. The molecule has 1 aliphatic rings. The summed E-state index contributed by atoms with van der Waals surface area (Å²) in [6, 6.07) is 4.22. The summed E-state index contributed by atoms with van der Waals surface area (Å²) >= 11 is 5.87. The number of halogens is 1. The molecule has 0 aromatic heterocycles. The van der Waals surface area contributed by atoms with Crippen LogP contribution >= 0.6 is 11.6 Å². The third-order valence-corrected chi connectivity index (χ3v) is 2.77. The average molecular weight is 228 g/mol. The van der Waals surface area contributed by atoms with Crippen LogP contribution < -0.4 is 10.1 Å². The monoisotopic (exact) mass is 227 g/mol. The Morgan fingerprint density at radius 2 is 2.27 bits per heavy atom. The van der Waals surface area contributed by atoms with Gasteiger partial charge in [0.25, 0.3) is 0 Å². The molecular formula is C11H14ClNO2. The largest absolute Gasteiger partial charge is 0.503 e. The molecule has 0 atom stereocenters. The van der Waals surface area contributed by atoms with Crippen molar-refractivity contribution in [1.29, 1.82) is 0 Å². The van der Waals surface area contributed by atoms with Crippen LogP contribution in [0, 0.1) is 0 Å². The van der Waals surface area contributed by atoms with Gasteiger partial charge in [0, 0.05) is 12.6 Å². The maximum Gasteiger partial charge on any atom is 0.176 e. The Balaban J connectivity index is 2.12. The van der Waals surface area contributed by atoms with E-state index in [2.05, 4.69) is 5.32 Å². The second-order valence-electron chi connectivity index (χ2n) is 3.78. The fraction of sp³-hybridized carbons (Fsp3) is 0.455. The van der Waals surface area contributed by atoms with Crippen molar-refractivity contribution >= 4 is 11.6 Å². The third kappa shape index (κ3) is 2.55. The SMILES string of the molecule is COc1cc(CNC2CC2)cc(Cl)c1O. The van der Waals surface area contributed by atoms with Gasteiger partial charge in [0.1, 0.15) is 0 Å². The lowest BCUT2D eigenvalue weighted by Gasteiger charge is -2.09. The molecule has 1 fully saturated rings. The van der Waals surface area contributed by atoms with Crippen LogP contribution in [0.3, 0.4) is 0 Å².